The zero-order valence-electron chi connectivity index (χ0n) is 17.6. The van der Waals surface area contributed by atoms with E-state index in [0.29, 0.717) is 54.1 Å². The summed E-state index contributed by atoms with van der Waals surface area (Å²) in [5.41, 5.74) is 3.41. The number of hydrogen-bond acceptors (Lipinski definition) is 5. The minimum absolute atomic E-state index is 0.192. The first kappa shape index (κ1) is 20.8. The number of amides is 1. The predicted octanol–water partition coefficient (Wildman–Crippen LogP) is 3.76. The number of fused-ring (bicyclic) bond motifs is 1. The predicted molar refractivity (Wildman–Crippen MR) is 120 cm³/mol. The van der Waals surface area contributed by atoms with E-state index in [9.17, 15) is 19.8 Å². The summed E-state index contributed by atoms with van der Waals surface area (Å²) in [6.45, 7) is 4.93. The zero-order valence-corrected chi connectivity index (χ0v) is 17.6. The molecule has 0 bridgehead atoms. The van der Waals surface area contributed by atoms with Crippen molar-refractivity contribution in [1.29, 1.82) is 0 Å². The number of nitrogens with zero attached hydrogens (tertiary/aromatic N) is 2. The fourth-order valence-corrected chi connectivity index (χ4v) is 4.07. The first-order chi connectivity index (χ1) is 14.8. The Kier molecular flexibility index (Phi) is 5.61. The van der Waals surface area contributed by atoms with E-state index in [4.69, 9.17) is 4.98 Å². The van der Waals surface area contributed by atoms with Crippen molar-refractivity contribution < 1.29 is 19.8 Å². The molecule has 1 aromatic heterocycles. The molecule has 0 atom stereocenters. The van der Waals surface area contributed by atoms with Gasteiger partial charge >= 0.3 is 5.97 Å². The first-order valence-electron chi connectivity index (χ1n) is 10.3. The number of aromatic carboxylic acids is 1. The third-order valence-corrected chi connectivity index (χ3v) is 5.75. The number of para-hydroxylation sites is 1. The molecule has 0 radical (unpaired) electrons. The van der Waals surface area contributed by atoms with Crippen LogP contribution in [0.1, 0.15) is 44.7 Å². The van der Waals surface area contributed by atoms with Gasteiger partial charge in [-0.15, -0.1) is 0 Å². The molecule has 3 aromatic rings. The highest BCUT2D eigenvalue weighted by atomic mass is 16.4. The molecule has 3 N–H and O–H groups in total. The molecule has 0 spiro atoms. The standard InChI is InChI=1S/C24H25N3O4/c1-14-11-16(24(30)31)12-15(2)22(14)26-23(29)19-13-21(27-9-7-17(28)8-10-27)25-20-6-4-3-5-18(19)20/h3-6,11-13,17,28H,7-10H2,1-2H3,(H,26,29)(H,30,31). The summed E-state index contributed by atoms with van der Waals surface area (Å²) >= 11 is 0. The number of aryl methyl sites for hydroxylation is 2. The van der Waals surface area contributed by atoms with Crippen molar-refractivity contribution in [3.8, 4) is 0 Å². The van der Waals surface area contributed by atoms with E-state index in [1.165, 1.54) is 0 Å². The maximum atomic E-state index is 13.3. The molecule has 1 amide bonds. The lowest BCUT2D eigenvalue weighted by Gasteiger charge is -2.31. The number of hydrogen-bond donors (Lipinski definition) is 3. The van der Waals surface area contributed by atoms with Crippen LogP contribution in [-0.2, 0) is 0 Å². The smallest absolute Gasteiger partial charge is 0.335 e. The normalized spacial score (nSPS) is 14.6. The van der Waals surface area contributed by atoms with Crippen molar-refractivity contribution in [3.05, 3.63) is 64.7 Å². The topological polar surface area (TPSA) is 103 Å². The van der Waals surface area contributed by atoms with Gasteiger partial charge in [0, 0.05) is 24.2 Å². The first-order valence-corrected chi connectivity index (χ1v) is 10.3. The van der Waals surface area contributed by atoms with E-state index in [2.05, 4.69) is 10.2 Å². The second-order valence-corrected chi connectivity index (χ2v) is 8.01. The van der Waals surface area contributed by atoms with Crippen LogP contribution >= 0.6 is 0 Å². The molecule has 4 rings (SSSR count). The number of aliphatic hydroxyl groups is 1. The number of benzene rings is 2. The molecule has 7 nitrogen and oxygen atoms in total. The Labute approximate surface area is 180 Å². The van der Waals surface area contributed by atoms with E-state index in [1.807, 2.05) is 24.3 Å². The van der Waals surface area contributed by atoms with Gasteiger partial charge in [-0.25, -0.2) is 9.78 Å². The highest BCUT2D eigenvalue weighted by Gasteiger charge is 2.22. The number of anilines is 2. The maximum Gasteiger partial charge on any atom is 0.335 e. The average molecular weight is 419 g/mol. The van der Waals surface area contributed by atoms with Gasteiger partial charge in [-0.05, 0) is 62.1 Å². The Bertz CT molecular complexity index is 1140. The van der Waals surface area contributed by atoms with Crippen molar-refractivity contribution in [2.75, 3.05) is 23.3 Å². The van der Waals surface area contributed by atoms with Crippen LogP contribution in [0.2, 0.25) is 0 Å². The Balaban J connectivity index is 1.72. The Morgan fingerprint density at radius 3 is 2.35 bits per heavy atom. The lowest BCUT2D eigenvalue weighted by atomic mass is 10.0. The van der Waals surface area contributed by atoms with Crippen molar-refractivity contribution >= 4 is 34.3 Å². The third kappa shape index (κ3) is 4.22. The molecule has 0 aliphatic carbocycles. The van der Waals surface area contributed by atoms with Crippen molar-refractivity contribution in [1.82, 2.24) is 4.98 Å². The SMILES string of the molecule is Cc1cc(C(=O)O)cc(C)c1NC(=O)c1cc(N2CCC(O)CC2)nc2ccccc12. The van der Waals surface area contributed by atoms with Crippen LogP contribution < -0.4 is 10.2 Å². The molecule has 31 heavy (non-hydrogen) atoms. The number of aliphatic hydroxyl groups excluding tert-OH is 1. The minimum Gasteiger partial charge on any atom is -0.478 e. The second kappa shape index (κ2) is 8.35. The third-order valence-electron chi connectivity index (χ3n) is 5.75. The Hall–Kier alpha value is -3.45. The van der Waals surface area contributed by atoms with E-state index in [1.54, 1.807) is 32.0 Å². The Morgan fingerprint density at radius 1 is 1.06 bits per heavy atom. The summed E-state index contributed by atoms with van der Waals surface area (Å²) in [5, 5.41) is 22.8. The molecule has 2 heterocycles. The second-order valence-electron chi connectivity index (χ2n) is 8.01. The van der Waals surface area contributed by atoms with Crippen molar-refractivity contribution in [2.24, 2.45) is 0 Å². The summed E-state index contributed by atoms with van der Waals surface area (Å²) < 4.78 is 0. The lowest BCUT2D eigenvalue weighted by molar-refractivity contribution is 0.0696. The monoisotopic (exact) mass is 419 g/mol. The molecule has 2 aromatic carbocycles. The molecule has 1 saturated heterocycles. The number of pyridine rings is 1. The van der Waals surface area contributed by atoms with Crippen LogP contribution in [0, 0.1) is 13.8 Å². The number of carbonyl (C=O) groups is 2. The zero-order chi connectivity index (χ0) is 22.1. The molecule has 0 saturated carbocycles. The molecule has 0 unspecified atom stereocenters. The quantitative estimate of drug-likeness (QED) is 0.595. The highest BCUT2D eigenvalue weighted by Crippen LogP contribution is 2.28. The molecule has 1 aliphatic rings. The van der Waals surface area contributed by atoms with Gasteiger partial charge in [-0.2, -0.15) is 0 Å². The van der Waals surface area contributed by atoms with Gasteiger partial charge in [0.15, 0.2) is 0 Å². The maximum absolute atomic E-state index is 13.3. The van der Waals surface area contributed by atoms with Gasteiger partial charge in [-0.3, -0.25) is 4.79 Å². The van der Waals surface area contributed by atoms with Gasteiger partial charge in [0.05, 0.1) is 22.7 Å². The summed E-state index contributed by atoms with van der Waals surface area (Å²) in [5.74, 6) is -0.558. The van der Waals surface area contributed by atoms with Gasteiger partial charge in [0.25, 0.3) is 5.91 Å². The summed E-state index contributed by atoms with van der Waals surface area (Å²) in [4.78, 5) is 31.5. The Morgan fingerprint density at radius 2 is 1.71 bits per heavy atom. The van der Waals surface area contributed by atoms with Gasteiger partial charge < -0.3 is 20.4 Å². The number of carboxylic acids is 1. The summed E-state index contributed by atoms with van der Waals surface area (Å²) in [6.07, 6.45) is 1.05. The summed E-state index contributed by atoms with van der Waals surface area (Å²) in [6, 6.07) is 12.4. The number of carbonyl (C=O) groups excluding carboxylic acids is 1. The molecule has 1 aliphatic heterocycles. The van der Waals surface area contributed by atoms with Crippen LogP contribution in [0.5, 0.6) is 0 Å². The van der Waals surface area contributed by atoms with Gasteiger partial charge in [-0.1, -0.05) is 18.2 Å². The fourth-order valence-electron chi connectivity index (χ4n) is 4.07. The van der Waals surface area contributed by atoms with E-state index < -0.39 is 5.97 Å². The largest absolute Gasteiger partial charge is 0.478 e. The van der Waals surface area contributed by atoms with Crippen LogP contribution in [0.3, 0.4) is 0 Å². The lowest BCUT2D eigenvalue weighted by Crippen LogP contribution is -2.36. The number of rotatable bonds is 4. The molecular formula is C24H25N3O4. The minimum atomic E-state index is -1.000. The van der Waals surface area contributed by atoms with Gasteiger partial charge in [0.2, 0.25) is 0 Å². The highest BCUT2D eigenvalue weighted by molar-refractivity contribution is 6.13. The van der Waals surface area contributed by atoms with Crippen LogP contribution in [0.4, 0.5) is 11.5 Å². The fraction of sp³-hybridized carbons (Fsp3) is 0.292. The van der Waals surface area contributed by atoms with E-state index >= 15 is 0 Å². The van der Waals surface area contributed by atoms with Crippen molar-refractivity contribution in [2.45, 2.75) is 32.8 Å². The number of nitrogens with one attached hydrogen (secondary N) is 1. The van der Waals surface area contributed by atoms with E-state index in [-0.39, 0.29) is 17.6 Å². The van der Waals surface area contributed by atoms with Gasteiger partial charge in [0.1, 0.15) is 5.82 Å². The van der Waals surface area contributed by atoms with E-state index in [0.717, 1.165) is 10.9 Å². The molecule has 160 valence electrons. The molecular weight excluding hydrogens is 394 g/mol. The molecule has 7 heteroatoms. The summed E-state index contributed by atoms with van der Waals surface area (Å²) in [7, 11) is 0. The van der Waals surface area contributed by atoms with Crippen LogP contribution in [0.15, 0.2) is 42.5 Å². The van der Waals surface area contributed by atoms with Crippen LogP contribution in [0.25, 0.3) is 10.9 Å². The number of piperidine rings is 1. The van der Waals surface area contributed by atoms with Crippen molar-refractivity contribution in [3.63, 3.8) is 0 Å². The van der Waals surface area contributed by atoms with Crippen LogP contribution in [-0.4, -0.2) is 46.3 Å². The number of carboxylic acid groups (broad SMARTS) is 1. The average Bonchev–Trinajstić information content (AvgIpc) is 2.75. The number of aromatic nitrogens is 1. The molecule has 1 fully saturated rings.